The van der Waals surface area contributed by atoms with E-state index in [4.69, 9.17) is 0 Å². The minimum Gasteiger partial charge on any atom is -0.271 e. The fourth-order valence-corrected chi connectivity index (χ4v) is 2.22. The molecule has 19 heavy (non-hydrogen) atoms. The summed E-state index contributed by atoms with van der Waals surface area (Å²) in [7, 11) is 2.80. The van der Waals surface area contributed by atoms with Crippen LogP contribution in [0.1, 0.15) is 26.3 Å². The average Bonchev–Trinajstić information content (AvgIpc) is 2.75. The van der Waals surface area contributed by atoms with Crippen molar-refractivity contribution in [3.8, 4) is 11.1 Å². The van der Waals surface area contributed by atoms with E-state index < -0.39 is 0 Å². The van der Waals surface area contributed by atoms with Crippen molar-refractivity contribution in [3.63, 3.8) is 0 Å². The van der Waals surface area contributed by atoms with Crippen LogP contribution in [0.2, 0.25) is 0 Å². The van der Waals surface area contributed by atoms with Gasteiger partial charge in [0.2, 0.25) is 0 Å². The van der Waals surface area contributed by atoms with Gasteiger partial charge < -0.3 is 0 Å². The molecule has 0 amide bonds. The maximum atomic E-state index is 13.8. The Bertz CT molecular complexity index is 570. The third-order valence-electron chi connectivity index (χ3n) is 2.97. The predicted molar refractivity (Wildman–Crippen MR) is 80.8 cm³/mol. The van der Waals surface area contributed by atoms with Crippen LogP contribution in [0, 0.1) is 5.82 Å². The van der Waals surface area contributed by atoms with Crippen LogP contribution in [-0.2, 0) is 13.0 Å². The van der Waals surface area contributed by atoms with Gasteiger partial charge in [-0.3, -0.25) is 4.68 Å². The van der Waals surface area contributed by atoms with E-state index in [0.717, 1.165) is 23.2 Å². The van der Waals surface area contributed by atoms with Gasteiger partial charge in [0.05, 0.1) is 6.20 Å². The minimum atomic E-state index is -0.140. The summed E-state index contributed by atoms with van der Waals surface area (Å²) in [6.45, 7) is 7.04. The van der Waals surface area contributed by atoms with Gasteiger partial charge >= 0.3 is 0 Å². The lowest BCUT2D eigenvalue weighted by molar-refractivity contribution is 0.519. The second-order valence-corrected chi connectivity index (χ2v) is 7.14. The summed E-state index contributed by atoms with van der Waals surface area (Å²) in [5.74, 6) is -0.140. The van der Waals surface area contributed by atoms with Crippen molar-refractivity contribution in [2.45, 2.75) is 38.9 Å². The van der Waals surface area contributed by atoms with Crippen LogP contribution in [0.5, 0.6) is 0 Å². The van der Waals surface area contributed by atoms with Gasteiger partial charge in [-0.15, -0.1) is 9.24 Å². The molecule has 0 bridgehead atoms. The standard InChI is InChI=1S/C15H20FN2P/c1-4-11-5-6-12(7-14(11)16)13-8-17-18(9-13)10-15(2,3)19/h5-9H,4,10,19H2,1-3H3. The second kappa shape index (κ2) is 5.42. The molecule has 1 aromatic carbocycles. The number of aryl methyl sites for hydroxylation is 1. The fraction of sp³-hybridized carbons (Fsp3) is 0.400. The van der Waals surface area contributed by atoms with E-state index in [1.165, 1.54) is 0 Å². The average molecular weight is 278 g/mol. The molecule has 0 N–H and O–H groups in total. The van der Waals surface area contributed by atoms with E-state index in [0.29, 0.717) is 6.42 Å². The van der Waals surface area contributed by atoms with Crippen LogP contribution in [-0.4, -0.2) is 14.9 Å². The Kier molecular flexibility index (Phi) is 4.05. The van der Waals surface area contributed by atoms with Crippen LogP contribution in [0.25, 0.3) is 11.1 Å². The Balaban J connectivity index is 2.25. The normalized spacial score (nSPS) is 11.8. The van der Waals surface area contributed by atoms with Crippen molar-refractivity contribution in [1.29, 1.82) is 0 Å². The van der Waals surface area contributed by atoms with E-state index in [2.05, 4.69) is 28.2 Å². The maximum Gasteiger partial charge on any atom is 0.127 e. The predicted octanol–water partition coefficient (Wildman–Crippen LogP) is 3.91. The van der Waals surface area contributed by atoms with E-state index in [1.54, 1.807) is 12.3 Å². The van der Waals surface area contributed by atoms with Gasteiger partial charge in [-0.1, -0.05) is 32.9 Å². The lowest BCUT2D eigenvalue weighted by atomic mass is 10.1. The van der Waals surface area contributed by atoms with Crippen LogP contribution in [0.4, 0.5) is 4.39 Å². The summed E-state index contributed by atoms with van der Waals surface area (Å²) in [6, 6.07) is 5.39. The molecule has 1 unspecified atom stereocenters. The zero-order chi connectivity index (χ0) is 14.0. The van der Waals surface area contributed by atoms with Crippen LogP contribution < -0.4 is 0 Å². The summed E-state index contributed by atoms with van der Waals surface area (Å²) in [5.41, 5.74) is 2.58. The first-order valence-corrected chi connectivity index (χ1v) is 7.07. The molecule has 0 aliphatic heterocycles. The molecule has 102 valence electrons. The molecule has 0 fully saturated rings. The van der Waals surface area contributed by atoms with Gasteiger partial charge in [0.1, 0.15) is 5.82 Å². The second-order valence-electron chi connectivity index (χ2n) is 5.57. The van der Waals surface area contributed by atoms with E-state index in [1.807, 2.05) is 29.9 Å². The maximum absolute atomic E-state index is 13.8. The molecule has 2 aromatic rings. The van der Waals surface area contributed by atoms with Gasteiger partial charge in [0, 0.05) is 18.3 Å². The smallest absolute Gasteiger partial charge is 0.127 e. The molecule has 2 nitrogen and oxygen atoms in total. The zero-order valence-electron chi connectivity index (χ0n) is 11.7. The first kappa shape index (κ1) is 14.2. The molecule has 0 spiro atoms. The first-order chi connectivity index (χ1) is 8.89. The monoisotopic (exact) mass is 278 g/mol. The Morgan fingerprint density at radius 3 is 2.63 bits per heavy atom. The Labute approximate surface area is 116 Å². The summed E-state index contributed by atoms with van der Waals surface area (Å²) in [4.78, 5) is 0. The van der Waals surface area contributed by atoms with Crippen molar-refractivity contribution in [2.75, 3.05) is 0 Å². The van der Waals surface area contributed by atoms with Gasteiger partial charge in [-0.05, 0) is 28.8 Å². The molecule has 0 radical (unpaired) electrons. The largest absolute Gasteiger partial charge is 0.271 e. The summed E-state index contributed by atoms with van der Waals surface area (Å²) < 4.78 is 15.7. The highest BCUT2D eigenvalue weighted by Crippen LogP contribution is 2.24. The number of nitrogens with zero attached hydrogens (tertiary/aromatic N) is 2. The third kappa shape index (κ3) is 3.63. The molecule has 0 aliphatic carbocycles. The van der Waals surface area contributed by atoms with Crippen molar-refractivity contribution >= 4 is 9.24 Å². The van der Waals surface area contributed by atoms with E-state index in [-0.39, 0.29) is 11.0 Å². The Morgan fingerprint density at radius 2 is 2.05 bits per heavy atom. The molecular weight excluding hydrogens is 258 g/mol. The number of halogens is 1. The highest BCUT2D eigenvalue weighted by molar-refractivity contribution is 7.18. The molecule has 1 heterocycles. The molecule has 4 heteroatoms. The third-order valence-corrected chi connectivity index (χ3v) is 3.15. The Morgan fingerprint density at radius 1 is 1.32 bits per heavy atom. The number of hydrogen-bond donors (Lipinski definition) is 0. The van der Waals surface area contributed by atoms with Crippen LogP contribution >= 0.6 is 9.24 Å². The summed E-state index contributed by atoms with van der Waals surface area (Å²) in [5, 5.41) is 4.43. The van der Waals surface area contributed by atoms with E-state index in [9.17, 15) is 4.39 Å². The van der Waals surface area contributed by atoms with Gasteiger partial charge in [-0.25, -0.2) is 4.39 Å². The molecule has 1 aromatic heterocycles. The summed E-state index contributed by atoms with van der Waals surface area (Å²) >= 11 is 0. The highest BCUT2D eigenvalue weighted by atomic mass is 31.0. The number of aromatic nitrogens is 2. The lowest BCUT2D eigenvalue weighted by Gasteiger charge is -2.17. The number of rotatable bonds is 4. The molecule has 0 aliphatic rings. The lowest BCUT2D eigenvalue weighted by Crippen LogP contribution is -2.18. The van der Waals surface area contributed by atoms with Crippen LogP contribution in [0.15, 0.2) is 30.6 Å². The van der Waals surface area contributed by atoms with Gasteiger partial charge in [0.25, 0.3) is 0 Å². The Hall–Kier alpha value is -1.21. The molecule has 0 saturated heterocycles. The molecular formula is C15H20FN2P. The van der Waals surface area contributed by atoms with Crippen molar-refractivity contribution in [3.05, 3.63) is 42.0 Å². The molecule has 1 atom stereocenters. The zero-order valence-corrected chi connectivity index (χ0v) is 12.8. The number of hydrogen-bond acceptors (Lipinski definition) is 1. The first-order valence-electron chi connectivity index (χ1n) is 6.49. The fourth-order valence-electron chi connectivity index (χ4n) is 2.03. The van der Waals surface area contributed by atoms with Crippen LogP contribution in [0.3, 0.4) is 0 Å². The van der Waals surface area contributed by atoms with Crippen molar-refractivity contribution < 1.29 is 4.39 Å². The minimum absolute atomic E-state index is 0.0978. The summed E-state index contributed by atoms with van der Waals surface area (Å²) in [6.07, 6.45) is 4.47. The molecule has 0 saturated carbocycles. The van der Waals surface area contributed by atoms with E-state index >= 15 is 0 Å². The van der Waals surface area contributed by atoms with Gasteiger partial charge in [0.15, 0.2) is 0 Å². The van der Waals surface area contributed by atoms with Crippen molar-refractivity contribution in [1.82, 2.24) is 9.78 Å². The SMILES string of the molecule is CCc1ccc(-c2cnn(CC(C)(C)P)c2)cc1F. The van der Waals surface area contributed by atoms with Crippen molar-refractivity contribution in [2.24, 2.45) is 0 Å². The quantitative estimate of drug-likeness (QED) is 0.775. The molecule has 2 rings (SSSR count). The number of benzene rings is 1. The topological polar surface area (TPSA) is 17.8 Å². The highest BCUT2D eigenvalue weighted by Gasteiger charge is 2.13. The van der Waals surface area contributed by atoms with Gasteiger partial charge in [-0.2, -0.15) is 5.10 Å².